The van der Waals surface area contributed by atoms with E-state index in [0.29, 0.717) is 12.1 Å². The smallest absolute Gasteiger partial charge is 0.246 e. The summed E-state index contributed by atoms with van der Waals surface area (Å²) in [7, 11) is 4.02. The van der Waals surface area contributed by atoms with Gasteiger partial charge in [-0.3, -0.25) is 4.79 Å². The van der Waals surface area contributed by atoms with Crippen LogP contribution in [0, 0.1) is 5.41 Å². The van der Waals surface area contributed by atoms with E-state index in [4.69, 9.17) is 0 Å². The SMILES string of the molecule is C=C/C=C(\C=C\C1(c2cc(C(C)(C)C)ccc2O)C(=O)N(CCN(C)C)c2ccccc21)C(C)(C)C. The molecule has 0 aromatic heterocycles. The molecule has 2 aromatic carbocycles. The molecule has 1 atom stereocenters. The van der Waals surface area contributed by atoms with Gasteiger partial charge >= 0.3 is 0 Å². The fraction of sp³-hybridized carbons (Fsp3) is 0.406. The molecule has 0 aliphatic carbocycles. The number of allylic oxidation sites excluding steroid dienone is 4. The van der Waals surface area contributed by atoms with Crippen LogP contribution in [0.15, 0.2) is 78.9 Å². The fourth-order valence-electron chi connectivity index (χ4n) is 4.73. The molecule has 0 spiro atoms. The van der Waals surface area contributed by atoms with Gasteiger partial charge in [-0.15, -0.1) is 0 Å². The summed E-state index contributed by atoms with van der Waals surface area (Å²) in [5.41, 5.74) is 3.07. The number of fused-ring (bicyclic) bond motifs is 1. The third kappa shape index (κ3) is 5.19. The Labute approximate surface area is 217 Å². The Bertz CT molecular complexity index is 1190. The Kier molecular flexibility index (Phi) is 7.71. The molecule has 1 aliphatic heterocycles. The van der Waals surface area contributed by atoms with E-state index in [1.54, 1.807) is 12.1 Å². The fourth-order valence-corrected chi connectivity index (χ4v) is 4.73. The van der Waals surface area contributed by atoms with Gasteiger partial charge < -0.3 is 14.9 Å². The number of likely N-dealkylation sites (N-methyl/N-ethyl adjacent to an activating group) is 1. The lowest BCUT2D eigenvalue weighted by atomic mass is 9.72. The van der Waals surface area contributed by atoms with Crippen LogP contribution in [0.5, 0.6) is 5.75 Å². The summed E-state index contributed by atoms with van der Waals surface area (Å²) >= 11 is 0. The summed E-state index contributed by atoms with van der Waals surface area (Å²) < 4.78 is 0. The highest BCUT2D eigenvalue weighted by Crippen LogP contribution is 2.50. The molecular weight excluding hydrogens is 444 g/mol. The topological polar surface area (TPSA) is 43.8 Å². The third-order valence-corrected chi connectivity index (χ3v) is 6.94. The van der Waals surface area contributed by atoms with Crippen LogP contribution in [0.3, 0.4) is 0 Å². The van der Waals surface area contributed by atoms with Gasteiger partial charge in [-0.25, -0.2) is 0 Å². The number of carbonyl (C=O) groups excluding carboxylic acids is 1. The zero-order valence-electron chi connectivity index (χ0n) is 23.2. The number of carbonyl (C=O) groups is 1. The summed E-state index contributed by atoms with van der Waals surface area (Å²) in [5.74, 6) is 0.0743. The lowest BCUT2D eigenvalue weighted by Crippen LogP contribution is -2.42. The highest BCUT2D eigenvalue weighted by molar-refractivity contribution is 6.12. The number of hydrogen-bond acceptors (Lipinski definition) is 3. The third-order valence-electron chi connectivity index (χ3n) is 6.94. The molecule has 3 rings (SSSR count). The molecule has 2 aromatic rings. The normalized spacial score (nSPS) is 18.9. The van der Waals surface area contributed by atoms with E-state index in [0.717, 1.165) is 28.9 Å². The molecule has 0 saturated heterocycles. The second-order valence-corrected chi connectivity index (χ2v) is 12.0. The van der Waals surface area contributed by atoms with Gasteiger partial charge in [0.2, 0.25) is 5.91 Å². The Balaban J connectivity index is 2.37. The number of aromatic hydroxyl groups is 1. The minimum Gasteiger partial charge on any atom is -0.508 e. The van der Waals surface area contributed by atoms with E-state index in [9.17, 15) is 9.90 Å². The summed E-state index contributed by atoms with van der Waals surface area (Å²) in [4.78, 5) is 18.5. The van der Waals surface area contributed by atoms with Gasteiger partial charge in [0.25, 0.3) is 0 Å². The molecule has 1 heterocycles. The maximum absolute atomic E-state index is 14.5. The first-order valence-corrected chi connectivity index (χ1v) is 12.7. The van der Waals surface area contributed by atoms with Crippen molar-refractivity contribution in [3.63, 3.8) is 0 Å². The van der Waals surface area contributed by atoms with Crippen molar-refractivity contribution in [2.75, 3.05) is 32.1 Å². The van der Waals surface area contributed by atoms with E-state index in [1.165, 1.54) is 0 Å². The monoisotopic (exact) mass is 486 g/mol. The van der Waals surface area contributed by atoms with Crippen molar-refractivity contribution >= 4 is 11.6 Å². The van der Waals surface area contributed by atoms with Gasteiger partial charge in [0, 0.05) is 24.3 Å². The van der Waals surface area contributed by atoms with Gasteiger partial charge in [0.05, 0.1) is 0 Å². The lowest BCUT2D eigenvalue weighted by Gasteiger charge is -2.30. The molecule has 0 fully saturated rings. The minimum atomic E-state index is -1.15. The number of para-hydroxylation sites is 1. The van der Waals surface area contributed by atoms with Crippen LogP contribution in [0.4, 0.5) is 5.69 Å². The van der Waals surface area contributed by atoms with Gasteiger partial charge in [-0.1, -0.05) is 96.7 Å². The van der Waals surface area contributed by atoms with Gasteiger partial charge in [-0.2, -0.15) is 0 Å². The van der Waals surface area contributed by atoms with Gasteiger partial charge in [0.1, 0.15) is 11.2 Å². The number of phenolic OH excluding ortho intramolecular Hbond substituents is 1. The highest BCUT2D eigenvalue weighted by Gasteiger charge is 2.51. The molecule has 1 N–H and O–H groups in total. The van der Waals surface area contributed by atoms with Crippen LogP contribution in [-0.4, -0.2) is 43.1 Å². The molecule has 192 valence electrons. The number of amides is 1. The zero-order valence-corrected chi connectivity index (χ0v) is 23.2. The predicted octanol–water partition coefficient (Wildman–Crippen LogP) is 6.60. The Morgan fingerprint density at radius 2 is 1.72 bits per heavy atom. The van der Waals surface area contributed by atoms with Crippen molar-refractivity contribution in [1.29, 1.82) is 0 Å². The van der Waals surface area contributed by atoms with Gasteiger partial charge in [0.15, 0.2) is 0 Å². The summed E-state index contributed by atoms with van der Waals surface area (Å²) in [6, 6.07) is 13.7. The van der Waals surface area contributed by atoms with Crippen molar-refractivity contribution in [3.05, 3.63) is 95.6 Å². The minimum absolute atomic E-state index is 0.0463. The second kappa shape index (κ2) is 10.1. The Morgan fingerprint density at radius 3 is 2.31 bits per heavy atom. The number of hydrogen-bond donors (Lipinski definition) is 1. The van der Waals surface area contributed by atoms with E-state index in [-0.39, 0.29) is 22.5 Å². The molecule has 36 heavy (non-hydrogen) atoms. The van der Waals surface area contributed by atoms with Crippen LogP contribution in [0.2, 0.25) is 0 Å². The second-order valence-electron chi connectivity index (χ2n) is 12.0. The van der Waals surface area contributed by atoms with E-state index in [2.05, 4.69) is 53.0 Å². The number of nitrogens with zero attached hydrogens (tertiary/aromatic N) is 2. The van der Waals surface area contributed by atoms with Crippen LogP contribution < -0.4 is 4.90 Å². The maximum atomic E-state index is 14.5. The molecular formula is C32H42N2O2. The number of benzene rings is 2. The van der Waals surface area contributed by atoms with Crippen molar-refractivity contribution in [3.8, 4) is 5.75 Å². The molecule has 4 heteroatoms. The van der Waals surface area contributed by atoms with Crippen LogP contribution in [0.25, 0.3) is 0 Å². The number of phenols is 1. The van der Waals surface area contributed by atoms with Crippen LogP contribution in [0.1, 0.15) is 58.2 Å². The van der Waals surface area contributed by atoms with Crippen molar-refractivity contribution < 1.29 is 9.90 Å². The zero-order chi connectivity index (χ0) is 26.9. The van der Waals surface area contributed by atoms with Crippen molar-refractivity contribution in [2.45, 2.75) is 52.4 Å². The first kappa shape index (κ1) is 27.5. The quantitative estimate of drug-likeness (QED) is 0.449. The summed E-state index contributed by atoms with van der Waals surface area (Å²) in [6.07, 6.45) is 7.80. The van der Waals surface area contributed by atoms with Crippen LogP contribution in [-0.2, 0) is 15.6 Å². The molecule has 1 unspecified atom stereocenters. The molecule has 1 aliphatic rings. The van der Waals surface area contributed by atoms with Crippen LogP contribution >= 0.6 is 0 Å². The van der Waals surface area contributed by atoms with Crippen molar-refractivity contribution in [2.24, 2.45) is 5.41 Å². The Hall–Kier alpha value is -3.11. The number of anilines is 1. The first-order valence-electron chi connectivity index (χ1n) is 12.7. The summed E-state index contributed by atoms with van der Waals surface area (Å²) in [5, 5.41) is 11.3. The van der Waals surface area contributed by atoms with E-state index >= 15 is 0 Å². The van der Waals surface area contributed by atoms with Crippen molar-refractivity contribution in [1.82, 2.24) is 4.90 Å². The van der Waals surface area contributed by atoms with Gasteiger partial charge in [-0.05, 0) is 59.8 Å². The van der Waals surface area contributed by atoms with E-state index in [1.807, 2.05) is 73.6 Å². The maximum Gasteiger partial charge on any atom is 0.246 e. The average molecular weight is 487 g/mol. The molecule has 0 radical (unpaired) electrons. The average Bonchev–Trinajstić information content (AvgIpc) is 3.02. The molecule has 1 amide bonds. The lowest BCUT2D eigenvalue weighted by molar-refractivity contribution is -0.120. The molecule has 0 bridgehead atoms. The first-order chi connectivity index (χ1) is 16.7. The predicted molar refractivity (Wildman–Crippen MR) is 152 cm³/mol. The largest absolute Gasteiger partial charge is 0.508 e. The summed E-state index contributed by atoms with van der Waals surface area (Å²) in [6.45, 7) is 18.1. The molecule has 4 nitrogen and oxygen atoms in total. The molecule has 0 saturated carbocycles. The van der Waals surface area contributed by atoms with E-state index < -0.39 is 5.41 Å². The standard InChI is InChI=1S/C32H42N2O2/c1-10-13-23(30(2,3)4)18-19-32(26-22-24(31(5,6)7)16-17-28(26)35)25-14-11-12-15-27(25)34(29(32)36)21-20-33(8)9/h10-19,22,35H,1,20-21H2,2-9H3/b19-18+,23-13+. The number of rotatable bonds is 7. The Morgan fingerprint density at radius 1 is 1.06 bits per heavy atom. The highest BCUT2D eigenvalue weighted by atomic mass is 16.3.